The van der Waals surface area contributed by atoms with Crippen molar-refractivity contribution in [2.75, 3.05) is 19.8 Å². The average Bonchev–Trinajstić information content (AvgIpc) is 2.90. The normalized spacial score (nSPS) is 29.6. The van der Waals surface area contributed by atoms with Crippen LogP contribution in [0.4, 0.5) is 0 Å². The fourth-order valence-electron chi connectivity index (χ4n) is 2.33. The quantitative estimate of drug-likeness (QED) is 0.437. The summed E-state index contributed by atoms with van der Waals surface area (Å²) in [5, 5.41) is 0. The minimum absolute atomic E-state index is 0.0681. The van der Waals surface area contributed by atoms with Gasteiger partial charge in [0, 0.05) is 18.6 Å². The average molecular weight is 298 g/mol. The second-order valence-electron chi connectivity index (χ2n) is 5.46. The zero-order valence-corrected chi connectivity index (χ0v) is 12.4. The Morgan fingerprint density at radius 2 is 2.19 bits per heavy atom. The number of carbonyl (C=O) groups excluding carboxylic acids is 2. The van der Waals surface area contributed by atoms with Crippen molar-refractivity contribution in [1.29, 1.82) is 0 Å². The summed E-state index contributed by atoms with van der Waals surface area (Å²) in [6.07, 6.45) is 3.47. The third-order valence-corrected chi connectivity index (χ3v) is 3.58. The van der Waals surface area contributed by atoms with E-state index in [0.29, 0.717) is 19.6 Å². The number of hydrogen-bond acceptors (Lipinski definition) is 6. The molecule has 2 rings (SSSR count). The summed E-state index contributed by atoms with van der Waals surface area (Å²) < 4.78 is 21.6. The van der Waals surface area contributed by atoms with E-state index in [1.54, 1.807) is 0 Å². The van der Waals surface area contributed by atoms with E-state index in [2.05, 4.69) is 6.58 Å². The van der Waals surface area contributed by atoms with Gasteiger partial charge in [0.1, 0.15) is 0 Å². The molecule has 2 aliphatic rings. The van der Waals surface area contributed by atoms with Gasteiger partial charge < -0.3 is 18.9 Å². The Morgan fingerprint density at radius 3 is 2.86 bits per heavy atom. The van der Waals surface area contributed by atoms with Crippen molar-refractivity contribution in [2.24, 2.45) is 0 Å². The summed E-state index contributed by atoms with van der Waals surface area (Å²) in [5.74, 6) is -2.97. The lowest BCUT2D eigenvalue weighted by Crippen LogP contribution is -2.47. The van der Waals surface area contributed by atoms with Gasteiger partial charge in [-0.25, -0.2) is 9.59 Å². The van der Waals surface area contributed by atoms with E-state index in [9.17, 15) is 9.59 Å². The summed E-state index contributed by atoms with van der Waals surface area (Å²) in [6.45, 7) is 6.27. The van der Waals surface area contributed by atoms with E-state index < -0.39 is 17.7 Å². The molecule has 2 aliphatic heterocycles. The highest BCUT2D eigenvalue weighted by molar-refractivity contribution is 5.90. The van der Waals surface area contributed by atoms with Gasteiger partial charge in [-0.05, 0) is 32.6 Å². The predicted molar refractivity (Wildman–Crippen MR) is 73.4 cm³/mol. The highest BCUT2D eigenvalue weighted by Crippen LogP contribution is 2.28. The van der Waals surface area contributed by atoms with E-state index in [1.165, 1.54) is 6.92 Å². The van der Waals surface area contributed by atoms with E-state index >= 15 is 0 Å². The van der Waals surface area contributed by atoms with Gasteiger partial charge in [-0.15, -0.1) is 0 Å². The van der Waals surface area contributed by atoms with Crippen molar-refractivity contribution in [3.05, 3.63) is 12.2 Å². The summed E-state index contributed by atoms with van der Waals surface area (Å²) in [7, 11) is 0. The molecule has 0 aromatic heterocycles. The number of carbonyl (C=O) groups is 2. The highest BCUT2D eigenvalue weighted by atomic mass is 16.7. The van der Waals surface area contributed by atoms with E-state index in [0.717, 1.165) is 19.3 Å². The molecule has 0 radical (unpaired) electrons. The lowest BCUT2D eigenvalue weighted by molar-refractivity contribution is -0.246. The molecule has 0 aromatic carbocycles. The van der Waals surface area contributed by atoms with Gasteiger partial charge in [0.05, 0.1) is 19.3 Å². The van der Waals surface area contributed by atoms with Crippen molar-refractivity contribution in [3.8, 4) is 0 Å². The molecule has 6 nitrogen and oxygen atoms in total. The van der Waals surface area contributed by atoms with Crippen molar-refractivity contribution < 1.29 is 28.5 Å². The SMILES string of the molecule is C=C(C)C(=O)OC1(OCC2CCCO2)CCCCOC1=O. The van der Waals surface area contributed by atoms with Gasteiger partial charge in [0.2, 0.25) is 0 Å². The molecule has 0 spiro atoms. The Hall–Kier alpha value is -1.40. The first-order chi connectivity index (χ1) is 10.0. The third-order valence-electron chi connectivity index (χ3n) is 3.58. The van der Waals surface area contributed by atoms with Gasteiger partial charge in [-0.1, -0.05) is 6.58 Å². The molecular weight excluding hydrogens is 276 g/mol. The Kier molecular flexibility index (Phi) is 5.36. The van der Waals surface area contributed by atoms with Crippen molar-refractivity contribution in [2.45, 2.75) is 50.9 Å². The van der Waals surface area contributed by atoms with E-state index in [1.807, 2.05) is 0 Å². The van der Waals surface area contributed by atoms with E-state index in [4.69, 9.17) is 18.9 Å². The maximum Gasteiger partial charge on any atom is 0.379 e. The lowest BCUT2D eigenvalue weighted by Gasteiger charge is -2.30. The smallest absolute Gasteiger partial charge is 0.379 e. The van der Waals surface area contributed by atoms with Crippen LogP contribution in [0, 0.1) is 0 Å². The molecule has 118 valence electrons. The Bertz CT molecular complexity index is 412. The second-order valence-corrected chi connectivity index (χ2v) is 5.46. The third kappa shape index (κ3) is 4.04. The van der Waals surface area contributed by atoms with Crippen LogP contribution in [-0.4, -0.2) is 43.7 Å². The molecule has 2 unspecified atom stereocenters. The first-order valence-corrected chi connectivity index (χ1v) is 7.35. The maximum absolute atomic E-state index is 12.2. The molecule has 2 fully saturated rings. The largest absolute Gasteiger partial charge is 0.461 e. The summed E-state index contributed by atoms with van der Waals surface area (Å²) in [4.78, 5) is 24.0. The summed E-state index contributed by atoms with van der Waals surface area (Å²) in [5.41, 5.74) is 0.215. The molecule has 21 heavy (non-hydrogen) atoms. The Balaban J connectivity index is 2.08. The topological polar surface area (TPSA) is 71.1 Å². The molecule has 2 atom stereocenters. The molecule has 2 heterocycles. The fraction of sp³-hybridized carbons (Fsp3) is 0.733. The minimum atomic E-state index is -1.67. The van der Waals surface area contributed by atoms with Crippen LogP contribution in [0.5, 0.6) is 0 Å². The van der Waals surface area contributed by atoms with Crippen LogP contribution >= 0.6 is 0 Å². The van der Waals surface area contributed by atoms with Crippen LogP contribution in [-0.2, 0) is 28.5 Å². The van der Waals surface area contributed by atoms with Crippen molar-refractivity contribution in [1.82, 2.24) is 0 Å². The Labute approximate surface area is 124 Å². The first kappa shape index (κ1) is 16.0. The van der Waals surface area contributed by atoms with Gasteiger partial charge in [0.25, 0.3) is 0 Å². The molecule has 0 aliphatic carbocycles. The standard InChI is InChI=1S/C15H22O6/c1-11(2)13(16)21-15(7-3-4-8-19-14(15)17)20-10-12-6-5-9-18-12/h12H,1,3-10H2,2H3. The van der Waals surface area contributed by atoms with Crippen molar-refractivity contribution >= 4 is 11.9 Å². The molecule has 0 saturated carbocycles. The summed E-state index contributed by atoms with van der Waals surface area (Å²) in [6, 6.07) is 0. The number of cyclic esters (lactones) is 1. The second kappa shape index (κ2) is 7.04. The number of esters is 2. The zero-order chi connectivity index (χ0) is 15.3. The molecule has 0 aromatic rings. The van der Waals surface area contributed by atoms with Crippen LogP contribution in [0.2, 0.25) is 0 Å². The van der Waals surface area contributed by atoms with Gasteiger partial charge in [0.15, 0.2) is 0 Å². The molecular formula is C15H22O6. The fourth-order valence-corrected chi connectivity index (χ4v) is 2.33. The minimum Gasteiger partial charge on any atom is -0.461 e. The molecule has 6 heteroatoms. The number of hydrogen-bond donors (Lipinski definition) is 0. The van der Waals surface area contributed by atoms with Crippen LogP contribution in [0.1, 0.15) is 39.0 Å². The predicted octanol–water partition coefficient (Wildman–Crippen LogP) is 1.72. The van der Waals surface area contributed by atoms with Crippen molar-refractivity contribution in [3.63, 3.8) is 0 Å². The first-order valence-electron chi connectivity index (χ1n) is 7.35. The highest BCUT2D eigenvalue weighted by Gasteiger charge is 2.47. The number of rotatable bonds is 5. The monoisotopic (exact) mass is 298 g/mol. The summed E-state index contributed by atoms with van der Waals surface area (Å²) >= 11 is 0. The molecule has 0 N–H and O–H groups in total. The zero-order valence-electron chi connectivity index (χ0n) is 12.4. The molecule has 0 amide bonds. The van der Waals surface area contributed by atoms with Crippen LogP contribution < -0.4 is 0 Å². The van der Waals surface area contributed by atoms with Crippen LogP contribution in [0.3, 0.4) is 0 Å². The molecule has 0 bridgehead atoms. The van der Waals surface area contributed by atoms with Gasteiger partial charge in [-0.2, -0.15) is 0 Å². The van der Waals surface area contributed by atoms with E-state index in [-0.39, 0.29) is 24.7 Å². The molecule has 2 saturated heterocycles. The lowest BCUT2D eigenvalue weighted by atomic mass is 10.1. The van der Waals surface area contributed by atoms with Crippen LogP contribution in [0.25, 0.3) is 0 Å². The van der Waals surface area contributed by atoms with Gasteiger partial charge in [-0.3, -0.25) is 0 Å². The van der Waals surface area contributed by atoms with Gasteiger partial charge >= 0.3 is 17.7 Å². The van der Waals surface area contributed by atoms with Crippen LogP contribution in [0.15, 0.2) is 12.2 Å². The maximum atomic E-state index is 12.2. The number of ether oxygens (including phenoxy) is 4. The Morgan fingerprint density at radius 1 is 1.38 bits per heavy atom.